The molecule has 0 saturated carbocycles. The maximum Gasteiger partial charge on any atom is 0.182 e. The highest BCUT2D eigenvalue weighted by Gasteiger charge is 2.23. The van der Waals surface area contributed by atoms with Crippen molar-refractivity contribution in [1.82, 2.24) is 19.6 Å². The van der Waals surface area contributed by atoms with Crippen LogP contribution in [0.15, 0.2) is 54.6 Å². The Bertz CT molecular complexity index is 1060. The molecule has 0 radical (unpaired) electrons. The first-order valence-electron chi connectivity index (χ1n) is 8.21. The number of aryl methyl sites for hydroxylation is 3. The average Bonchev–Trinajstić information content (AvgIpc) is 3.08. The van der Waals surface area contributed by atoms with Crippen LogP contribution in [0.4, 0.5) is 0 Å². The Hall–Kier alpha value is -3.01. The van der Waals surface area contributed by atoms with Gasteiger partial charge in [-0.15, -0.1) is 5.10 Å². The van der Waals surface area contributed by atoms with Gasteiger partial charge in [-0.05, 0) is 30.9 Å². The second kappa shape index (κ2) is 4.99. The van der Waals surface area contributed by atoms with Crippen molar-refractivity contribution in [1.29, 1.82) is 0 Å². The number of benzene rings is 2. The summed E-state index contributed by atoms with van der Waals surface area (Å²) in [7, 11) is 0. The summed E-state index contributed by atoms with van der Waals surface area (Å²) in [6.07, 6.45) is 1.99. The molecule has 0 atom stereocenters. The maximum absolute atomic E-state index is 4.87. The van der Waals surface area contributed by atoms with Crippen LogP contribution in [0.25, 0.3) is 28.2 Å². The van der Waals surface area contributed by atoms with Gasteiger partial charge in [-0.2, -0.15) is 4.52 Å². The van der Waals surface area contributed by atoms with Crippen molar-refractivity contribution in [2.75, 3.05) is 0 Å². The fourth-order valence-corrected chi connectivity index (χ4v) is 3.53. The lowest BCUT2D eigenvalue weighted by Crippen LogP contribution is -2.11. The molecule has 24 heavy (non-hydrogen) atoms. The highest BCUT2D eigenvalue weighted by Crippen LogP contribution is 2.35. The first-order valence-corrected chi connectivity index (χ1v) is 8.21. The van der Waals surface area contributed by atoms with E-state index in [-0.39, 0.29) is 0 Å². The van der Waals surface area contributed by atoms with Crippen LogP contribution in [0.3, 0.4) is 0 Å². The molecule has 0 unspecified atom stereocenters. The first kappa shape index (κ1) is 13.4. The molecule has 0 fully saturated rings. The summed E-state index contributed by atoms with van der Waals surface area (Å²) in [5, 5.41) is 4.71. The van der Waals surface area contributed by atoms with Crippen LogP contribution >= 0.6 is 0 Å². The Morgan fingerprint density at radius 3 is 2.54 bits per heavy atom. The summed E-state index contributed by atoms with van der Waals surface area (Å²) in [5.41, 5.74) is 6.80. The fraction of sp³-hybridized carbons (Fsp3) is 0.150. The van der Waals surface area contributed by atoms with E-state index in [9.17, 15) is 0 Å². The van der Waals surface area contributed by atoms with Gasteiger partial charge in [-0.3, -0.25) is 0 Å². The molecule has 2 heterocycles. The molecule has 4 heteroatoms. The monoisotopic (exact) mass is 312 g/mol. The van der Waals surface area contributed by atoms with E-state index >= 15 is 0 Å². The van der Waals surface area contributed by atoms with Gasteiger partial charge in [0.15, 0.2) is 11.5 Å². The van der Waals surface area contributed by atoms with Crippen molar-refractivity contribution in [2.24, 2.45) is 0 Å². The van der Waals surface area contributed by atoms with Crippen molar-refractivity contribution in [3.05, 3.63) is 71.7 Å². The predicted molar refractivity (Wildman–Crippen MR) is 93.8 cm³/mol. The zero-order chi connectivity index (χ0) is 16.1. The quantitative estimate of drug-likeness (QED) is 0.536. The van der Waals surface area contributed by atoms with Gasteiger partial charge in [0.25, 0.3) is 0 Å². The second-order valence-electron chi connectivity index (χ2n) is 6.17. The lowest BCUT2D eigenvalue weighted by molar-refractivity contribution is 0.813. The minimum atomic E-state index is 0.747. The fourth-order valence-electron chi connectivity index (χ4n) is 3.53. The number of hydrogen-bond acceptors (Lipinski definition) is 3. The van der Waals surface area contributed by atoms with E-state index in [1.807, 2.05) is 41.8 Å². The van der Waals surface area contributed by atoms with Crippen molar-refractivity contribution >= 4 is 5.65 Å². The Balaban J connectivity index is 1.84. The first-order chi connectivity index (χ1) is 11.8. The summed E-state index contributed by atoms with van der Waals surface area (Å²) < 4.78 is 1.88. The molecule has 0 bridgehead atoms. The molecule has 116 valence electrons. The molecule has 2 aromatic carbocycles. The number of rotatable bonds is 1. The van der Waals surface area contributed by atoms with Crippen LogP contribution < -0.4 is 0 Å². The van der Waals surface area contributed by atoms with E-state index < -0.39 is 0 Å². The van der Waals surface area contributed by atoms with Gasteiger partial charge in [-0.25, -0.2) is 9.97 Å². The van der Waals surface area contributed by atoms with Crippen LogP contribution in [-0.4, -0.2) is 19.6 Å². The van der Waals surface area contributed by atoms with Crippen molar-refractivity contribution < 1.29 is 0 Å². The van der Waals surface area contributed by atoms with Gasteiger partial charge in [0.1, 0.15) is 5.82 Å². The zero-order valence-electron chi connectivity index (χ0n) is 13.4. The molecule has 0 aliphatic heterocycles. The minimum Gasteiger partial charge on any atom is -0.237 e. The molecule has 1 aliphatic carbocycles. The third-order valence-electron chi connectivity index (χ3n) is 4.67. The SMILES string of the molecule is Cc1nc2c(c3nc(-c4ccccc4)nn13)-c1ccccc1CC2. The van der Waals surface area contributed by atoms with Crippen molar-refractivity contribution in [3.63, 3.8) is 0 Å². The standard InChI is InChI=1S/C20H16N4/c1-13-21-17-12-11-14-7-5-6-10-16(14)18(17)20-22-19(23-24(13)20)15-8-3-2-4-9-15/h2-10H,11-12H2,1H3. The number of nitrogens with zero attached hydrogens (tertiary/aromatic N) is 4. The van der Waals surface area contributed by atoms with Crippen LogP contribution in [0.5, 0.6) is 0 Å². The molecule has 2 aromatic heterocycles. The molecule has 0 amide bonds. The Morgan fingerprint density at radius 1 is 0.875 bits per heavy atom. The smallest absolute Gasteiger partial charge is 0.182 e. The van der Waals surface area contributed by atoms with Gasteiger partial charge in [0, 0.05) is 11.1 Å². The zero-order valence-corrected chi connectivity index (χ0v) is 13.4. The topological polar surface area (TPSA) is 43.1 Å². The van der Waals surface area contributed by atoms with E-state index in [0.29, 0.717) is 0 Å². The maximum atomic E-state index is 4.87. The molecule has 4 nitrogen and oxygen atoms in total. The minimum absolute atomic E-state index is 0.747. The van der Waals surface area contributed by atoms with E-state index in [0.717, 1.165) is 47.0 Å². The number of fused-ring (bicyclic) bond motifs is 5. The van der Waals surface area contributed by atoms with Crippen LogP contribution in [0.2, 0.25) is 0 Å². The molecule has 0 N–H and O–H groups in total. The molecule has 1 aliphatic rings. The van der Waals surface area contributed by atoms with Gasteiger partial charge >= 0.3 is 0 Å². The Labute approximate surface area is 139 Å². The van der Waals surface area contributed by atoms with Gasteiger partial charge in [-0.1, -0.05) is 54.6 Å². The van der Waals surface area contributed by atoms with Crippen LogP contribution in [0, 0.1) is 6.92 Å². The van der Waals surface area contributed by atoms with Gasteiger partial charge in [0.05, 0.1) is 5.69 Å². The van der Waals surface area contributed by atoms with E-state index in [1.165, 1.54) is 11.1 Å². The summed E-state index contributed by atoms with van der Waals surface area (Å²) in [4.78, 5) is 9.68. The van der Waals surface area contributed by atoms with E-state index in [4.69, 9.17) is 15.1 Å². The van der Waals surface area contributed by atoms with Gasteiger partial charge in [0.2, 0.25) is 0 Å². The van der Waals surface area contributed by atoms with Crippen LogP contribution in [-0.2, 0) is 12.8 Å². The summed E-state index contributed by atoms with van der Waals surface area (Å²) in [6, 6.07) is 18.7. The molecule has 0 spiro atoms. The van der Waals surface area contributed by atoms with Crippen LogP contribution in [0.1, 0.15) is 17.1 Å². The highest BCUT2D eigenvalue weighted by molar-refractivity contribution is 5.84. The van der Waals surface area contributed by atoms with Crippen molar-refractivity contribution in [2.45, 2.75) is 19.8 Å². The summed E-state index contributed by atoms with van der Waals surface area (Å²) in [5.74, 6) is 1.63. The molecule has 4 aromatic rings. The molecular weight excluding hydrogens is 296 g/mol. The Morgan fingerprint density at radius 2 is 1.67 bits per heavy atom. The predicted octanol–water partition coefficient (Wildman–Crippen LogP) is 3.87. The second-order valence-corrected chi connectivity index (χ2v) is 6.17. The van der Waals surface area contributed by atoms with E-state index in [1.54, 1.807) is 0 Å². The third-order valence-corrected chi connectivity index (χ3v) is 4.67. The summed E-state index contributed by atoms with van der Waals surface area (Å²) in [6.45, 7) is 2.00. The van der Waals surface area contributed by atoms with Crippen molar-refractivity contribution in [3.8, 4) is 22.5 Å². The Kier molecular flexibility index (Phi) is 2.80. The highest BCUT2D eigenvalue weighted by atomic mass is 15.3. The summed E-state index contributed by atoms with van der Waals surface area (Å²) >= 11 is 0. The lowest BCUT2D eigenvalue weighted by Gasteiger charge is -2.19. The molecular formula is C20H16N4. The molecule has 5 rings (SSSR count). The van der Waals surface area contributed by atoms with Gasteiger partial charge < -0.3 is 0 Å². The number of hydrogen-bond donors (Lipinski definition) is 0. The normalized spacial score (nSPS) is 12.9. The average molecular weight is 312 g/mol. The molecule has 0 saturated heterocycles. The van der Waals surface area contributed by atoms with E-state index in [2.05, 4.69) is 24.3 Å². The number of aromatic nitrogens is 4. The lowest BCUT2D eigenvalue weighted by atomic mass is 9.89. The largest absolute Gasteiger partial charge is 0.237 e. The third kappa shape index (κ3) is 1.89.